The molecule has 1 aliphatic carbocycles. The Bertz CT molecular complexity index is 938. The molecule has 4 rings (SSSR count). The van der Waals surface area contributed by atoms with E-state index >= 15 is 0 Å². The van der Waals surface area contributed by atoms with Gasteiger partial charge in [0.25, 0.3) is 11.8 Å². The maximum Gasteiger partial charge on any atom is 0.269 e. The monoisotopic (exact) mass is 397 g/mol. The van der Waals surface area contributed by atoms with Crippen LogP contribution in [0, 0.1) is 11.8 Å². The van der Waals surface area contributed by atoms with Crippen molar-refractivity contribution in [2.24, 2.45) is 11.8 Å². The van der Waals surface area contributed by atoms with E-state index in [1.165, 1.54) is 26.3 Å². The zero-order valence-corrected chi connectivity index (χ0v) is 16.2. The van der Waals surface area contributed by atoms with E-state index in [4.69, 9.17) is 9.47 Å². The third kappa shape index (κ3) is 3.68. The Balaban J connectivity index is 1.65. The van der Waals surface area contributed by atoms with Crippen LogP contribution in [-0.4, -0.2) is 55.3 Å². The van der Waals surface area contributed by atoms with Crippen LogP contribution in [0.2, 0.25) is 0 Å². The summed E-state index contributed by atoms with van der Waals surface area (Å²) in [6, 6.07) is 10.0. The van der Waals surface area contributed by atoms with Gasteiger partial charge in [-0.05, 0) is 18.2 Å². The number of rotatable bonds is 6. The minimum Gasteiger partial charge on any atom is -0.496 e. The van der Waals surface area contributed by atoms with E-state index in [0.717, 1.165) is 0 Å². The lowest BCUT2D eigenvalue weighted by atomic mass is 10.0. The molecular weight excluding hydrogens is 374 g/mol. The Morgan fingerprint density at radius 2 is 1.93 bits per heavy atom. The lowest BCUT2D eigenvalue weighted by Gasteiger charge is -2.16. The first kappa shape index (κ1) is 19.4. The Morgan fingerprint density at radius 3 is 2.62 bits per heavy atom. The number of para-hydroxylation sites is 1. The number of aliphatic hydroxyl groups excluding tert-OH is 1. The van der Waals surface area contributed by atoms with Crippen molar-refractivity contribution in [1.29, 1.82) is 0 Å². The van der Waals surface area contributed by atoms with Gasteiger partial charge in [0.15, 0.2) is 0 Å². The van der Waals surface area contributed by atoms with E-state index in [0.29, 0.717) is 36.4 Å². The minimum absolute atomic E-state index is 0.0587. The molecule has 4 atom stereocenters. The van der Waals surface area contributed by atoms with E-state index in [1.807, 2.05) is 0 Å². The average molecular weight is 397 g/mol. The summed E-state index contributed by atoms with van der Waals surface area (Å²) in [5.74, 6) is 0.467. The van der Waals surface area contributed by atoms with E-state index < -0.39 is 12.0 Å². The fraction of sp³-hybridized carbons (Fsp3) is 0.381. The van der Waals surface area contributed by atoms with Gasteiger partial charge in [-0.15, -0.1) is 0 Å². The van der Waals surface area contributed by atoms with Crippen molar-refractivity contribution < 1.29 is 24.2 Å². The second-order valence-corrected chi connectivity index (χ2v) is 7.25. The van der Waals surface area contributed by atoms with E-state index in [1.54, 1.807) is 24.3 Å². The molecule has 2 heterocycles. The number of methoxy groups -OCH3 is 1. The molecule has 2 aliphatic rings. The van der Waals surface area contributed by atoms with Crippen LogP contribution in [0.25, 0.3) is 0 Å². The van der Waals surface area contributed by atoms with Crippen LogP contribution in [0.1, 0.15) is 38.2 Å². The number of hydrogen-bond acceptors (Lipinski definition) is 6. The highest BCUT2D eigenvalue weighted by molar-refractivity contribution is 5.99. The average Bonchev–Trinajstić information content (AvgIpc) is 3.17. The van der Waals surface area contributed by atoms with Crippen LogP contribution in [0.4, 0.5) is 0 Å². The van der Waals surface area contributed by atoms with Crippen molar-refractivity contribution in [1.82, 2.24) is 15.6 Å². The molecule has 1 saturated heterocycles. The predicted molar refractivity (Wildman–Crippen MR) is 104 cm³/mol. The Morgan fingerprint density at radius 1 is 1.21 bits per heavy atom. The van der Waals surface area contributed by atoms with Crippen molar-refractivity contribution in [2.75, 3.05) is 27.4 Å². The largest absolute Gasteiger partial charge is 0.496 e. The van der Waals surface area contributed by atoms with Gasteiger partial charge in [-0.3, -0.25) is 9.59 Å². The quantitative estimate of drug-likeness (QED) is 0.668. The molecule has 1 saturated carbocycles. The van der Waals surface area contributed by atoms with Crippen LogP contribution in [0.5, 0.6) is 5.75 Å². The number of nitrogens with one attached hydrogen (secondary N) is 2. The summed E-state index contributed by atoms with van der Waals surface area (Å²) < 4.78 is 10.7. The topological polar surface area (TPSA) is 110 Å². The second-order valence-electron chi connectivity index (χ2n) is 7.25. The summed E-state index contributed by atoms with van der Waals surface area (Å²) in [7, 11) is 2.99. The first-order valence-corrected chi connectivity index (χ1v) is 9.47. The van der Waals surface area contributed by atoms with Crippen LogP contribution >= 0.6 is 0 Å². The number of carbonyl (C=O) groups excluding carboxylic acids is 2. The molecule has 2 amide bonds. The molecule has 3 N–H and O–H groups in total. The van der Waals surface area contributed by atoms with Gasteiger partial charge in [0.1, 0.15) is 17.5 Å². The fourth-order valence-electron chi connectivity index (χ4n) is 3.81. The maximum atomic E-state index is 12.8. The highest BCUT2D eigenvalue weighted by Gasteiger charge is 2.54. The van der Waals surface area contributed by atoms with Gasteiger partial charge in [-0.25, -0.2) is 4.98 Å². The molecule has 2 aromatic rings. The van der Waals surface area contributed by atoms with Crippen LogP contribution in [-0.2, 0) is 4.74 Å². The smallest absolute Gasteiger partial charge is 0.269 e. The number of aromatic nitrogens is 1. The minimum atomic E-state index is -1.16. The molecule has 2 fully saturated rings. The van der Waals surface area contributed by atoms with E-state index in [-0.39, 0.29) is 28.9 Å². The number of amides is 2. The predicted octanol–water partition coefficient (Wildman–Crippen LogP) is 0.906. The number of ether oxygens (including phenoxy) is 2. The standard InChI is InChI=1S/C21H23N3O5/c1-22-21(27)16-8-11(20(26)24-18-13-9-29-10-14(13)18)7-15(23-16)19(25)12-5-3-4-6-17(12)28-2/h3-8,13-14,18-19,25H,9-10H2,1-2H3,(H,22,27)(H,24,26)/t13-,14+,18?,19-/m0/s1. The lowest BCUT2D eigenvalue weighted by Crippen LogP contribution is -2.31. The molecule has 8 heteroatoms. The number of aliphatic hydroxyl groups is 1. The van der Waals surface area contributed by atoms with Gasteiger partial charge in [0, 0.05) is 36.1 Å². The number of fused-ring (bicyclic) bond motifs is 1. The molecule has 1 unspecified atom stereocenters. The lowest BCUT2D eigenvalue weighted by molar-refractivity contribution is 0.0928. The molecule has 0 bridgehead atoms. The Kier molecular flexibility index (Phi) is 5.21. The Hall–Kier alpha value is -2.97. The van der Waals surface area contributed by atoms with Crippen molar-refractivity contribution in [3.05, 3.63) is 58.9 Å². The van der Waals surface area contributed by atoms with Gasteiger partial charge >= 0.3 is 0 Å². The number of pyridine rings is 1. The normalized spacial score (nSPS) is 23.1. The van der Waals surface area contributed by atoms with Gasteiger partial charge in [-0.1, -0.05) is 18.2 Å². The van der Waals surface area contributed by atoms with Crippen molar-refractivity contribution in [3.63, 3.8) is 0 Å². The molecular formula is C21H23N3O5. The van der Waals surface area contributed by atoms with Gasteiger partial charge < -0.3 is 25.2 Å². The molecule has 29 heavy (non-hydrogen) atoms. The molecule has 0 radical (unpaired) electrons. The fourth-order valence-corrected chi connectivity index (χ4v) is 3.81. The summed E-state index contributed by atoms with van der Waals surface area (Å²) >= 11 is 0. The van der Waals surface area contributed by atoms with Gasteiger partial charge in [-0.2, -0.15) is 0 Å². The summed E-state index contributed by atoms with van der Waals surface area (Å²) in [6.07, 6.45) is -1.16. The highest BCUT2D eigenvalue weighted by Crippen LogP contribution is 2.44. The third-order valence-electron chi connectivity index (χ3n) is 5.53. The SMILES string of the molecule is CNC(=O)c1cc(C(=O)NC2[C@H]3COC[C@@H]23)cc([C@@H](O)c2ccccc2OC)n1. The first-order valence-electron chi connectivity index (χ1n) is 9.47. The molecule has 0 spiro atoms. The summed E-state index contributed by atoms with van der Waals surface area (Å²) in [4.78, 5) is 29.3. The number of nitrogens with zero attached hydrogens (tertiary/aromatic N) is 1. The Labute approximate surface area is 168 Å². The van der Waals surface area contributed by atoms with Crippen LogP contribution in [0.3, 0.4) is 0 Å². The molecule has 1 aliphatic heterocycles. The molecule has 1 aromatic heterocycles. The van der Waals surface area contributed by atoms with Gasteiger partial charge in [0.2, 0.25) is 0 Å². The van der Waals surface area contributed by atoms with E-state index in [9.17, 15) is 14.7 Å². The first-order chi connectivity index (χ1) is 14.0. The second kappa shape index (κ2) is 7.81. The summed E-state index contributed by atoms with van der Waals surface area (Å²) in [6.45, 7) is 1.32. The van der Waals surface area contributed by atoms with Crippen molar-refractivity contribution in [3.8, 4) is 5.75 Å². The van der Waals surface area contributed by atoms with Crippen LogP contribution in [0.15, 0.2) is 36.4 Å². The van der Waals surface area contributed by atoms with Gasteiger partial charge in [0.05, 0.1) is 26.0 Å². The number of carbonyl (C=O) groups is 2. The molecule has 8 nitrogen and oxygen atoms in total. The highest BCUT2D eigenvalue weighted by atomic mass is 16.5. The number of hydrogen-bond donors (Lipinski definition) is 3. The van der Waals surface area contributed by atoms with Crippen molar-refractivity contribution in [2.45, 2.75) is 12.1 Å². The molecule has 152 valence electrons. The third-order valence-corrected chi connectivity index (χ3v) is 5.53. The summed E-state index contributed by atoms with van der Waals surface area (Å²) in [5, 5.41) is 16.4. The maximum absolute atomic E-state index is 12.8. The van der Waals surface area contributed by atoms with E-state index in [2.05, 4.69) is 15.6 Å². The molecule has 1 aromatic carbocycles. The van der Waals surface area contributed by atoms with Crippen molar-refractivity contribution >= 4 is 11.8 Å². The number of benzene rings is 1. The van der Waals surface area contributed by atoms with Crippen LogP contribution < -0.4 is 15.4 Å². The zero-order chi connectivity index (χ0) is 20.5. The zero-order valence-electron chi connectivity index (χ0n) is 16.2. The summed E-state index contributed by atoms with van der Waals surface area (Å²) in [5.41, 5.74) is 1.02.